The van der Waals surface area contributed by atoms with Crippen LogP contribution in [0.25, 0.3) is 0 Å². The number of methoxy groups -OCH3 is 1. The highest BCUT2D eigenvalue weighted by Gasteiger charge is 1.99. The first kappa shape index (κ1) is 13.1. The van der Waals surface area contributed by atoms with Gasteiger partial charge in [-0.1, -0.05) is 4.99 Å². The number of rotatable bonds is 2. The molecule has 2 rings (SSSR count). The van der Waals surface area contributed by atoms with Crippen molar-refractivity contribution in [2.45, 2.75) is 0 Å². The van der Waals surface area contributed by atoms with Crippen LogP contribution in [0.5, 0.6) is 5.75 Å². The molecule has 0 amide bonds. The van der Waals surface area contributed by atoms with Crippen molar-refractivity contribution in [3.05, 3.63) is 29.1 Å². The maximum Gasteiger partial charge on any atom is 0.330 e. The number of hydrogen-bond acceptors (Lipinski definition) is 5. The van der Waals surface area contributed by atoms with Crippen LogP contribution >= 0.6 is 20.7 Å². The number of ether oxygens (including phenoxy) is 1. The molecule has 7 heteroatoms. The summed E-state index contributed by atoms with van der Waals surface area (Å²) in [6, 6.07) is 7.54. The molecule has 0 radical (unpaired) electrons. The average Bonchev–Trinajstić information content (AvgIpc) is 2.65. The van der Waals surface area contributed by atoms with E-state index in [2.05, 4.69) is 9.98 Å². The van der Waals surface area contributed by atoms with Crippen LogP contribution in [0.1, 0.15) is 0 Å². The smallest absolute Gasteiger partial charge is 0.330 e. The first-order chi connectivity index (χ1) is 7.28. The molecule has 1 aromatic heterocycles. The Hall–Kier alpha value is -0.920. The Morgan fingerprint density at radius 2 is 1.94 bits per heavy atom. The molecule has 0 saturated carbocycles. The van der Waals surface area contributed by atoms with Gasteiger partial charge in [0.1, 0.15) is 11.4 Å². The van der Waals surface area contributed by atoms with Crippen molar-refractivity contribution in [1.82, 2.24) is 0 Å². The van der Waals surface area contributed by atoms with Gasteiger partial charge in [-0.15, -0.1) is 0 Å². The van der Waals surface area contributed by atoms with Crippen LogP contribution in [0.3, 0.4) is 0 Å². The minimum atomic E-state index is 0. The summed E-state index contributed by atoms with van der Waals surface area (Å²) in [6.07, 6.45) is 0. The minimum absolute atomic E-state index is 0. The van der Waals surface area contributed by atoms with Crippen LogP contribution in [-0.4, -0.2) is 7.11 Å². The van der Waals surface area contributed by atoms with Gasteiger partial charge in [0.05, 0.1) is 7.11 Å². The number of aromatic nitrogens is 1. The molecule has 0 atom stereocenters. The number of nitrogens with two attached hydrogens (primary N) is 1. The molecule has 0 aliphatic rings. The van der Waals surface area contributed by atoms with E-state index in [1.165, 1.54) is 20.7 Å². The number of aromatic amines is 1. The van der Waals surface area contributed by atoms with Gasteiger partial charge in [0, 0.05) is 0 Å². The summed E-state index contributed by atoms with van der Waals surface area (Å²) in [5.41, 5.74) is 6.45. The lowest BCUT2D eigenvalue weighted by Crippen LogP contribution is -3.00. The van der Waals surface area contributed by atoms with Gasteiger partial charge in [-0.05, 0) is 44.9 Å². The highest BCUT2D eigenvalue weighted by molar-refractivity contribution is 7.69. The molecule has 16 heavy (non-hydrogen) atoms. The Labute approximate surface area is 111 Å². The lowest BCUT2D eigenvalue weighted by molar-refractivity contribution is -0.371. The molecule has 86 valence electrons. The summed E-state index contributed by atoms with van der Waals surface area (Å²) < 4.78 is 5.06. The summed E-state index contributed by atoms with van der Waals surface area (Å²) in [7, 11) is 4.63. The molecule has 1 aromatic carbocycles. The molecule has 0 aliphatic heterocycles. The second kappa shape index (κ2) is 5.97. The van der Waals surface area contributed by atoms with Crippen LogP contribution in [0, 0.1) is 0 Å². The first-order valence-electron chi connectivity index (χ1n) is 4.24. The van der Waals surface area contributed by atoms with Gasteiger partial charge in [-0.25, -0.2) is 4.98 Å². The van der Waals surface area contributed by atoms with Gasteiger partial charge >= 0.3 is 4.80 Å². The van der Waals surface area contributed by atoms with Crippen molar-refractivity contribution in [2.75, 3.05) is 12.8 Å². The lowest BCUT2D eigenvalue weighted by atomic mass is 10.3. The van der Waals surface area contributed by atoms with Gasteiger partial charge in [-0.2, -0.15) is 0 Å². The van der Waals surface area contributed by atoms with E-state index >= 15 is 0 Å². The van der Waals surface area contributed by atoms with Crippen molar-refractivity contribution in [3.8, 4) is 5.75 Å². The van der Waals surface area contributed by atoms with Crippen LogP contribution < -0.4 is 37.2 Å². The largest absolute Gasteiger partial charge is 1.00 e. The van der Waals surface area contributed by atoms with E-state index < -0.39 is 0 Å². The van der Waals surface area contributed by atoms with Crippen molar-refractivity contribution in [1.29, 1.82) is 0 Å². The van der Waals surface area contributed by atoms with E-state index in [4.69, 9.17) is 10.5 Å². The van der Waals surface area contributed by atoms with Crippen molar-refractivity contribution >= 4 is 31.5 Å². The third kappa shape index (κ3) is 3.29. The fourth-order valence-electron chi connectivity index (χ4n) is 1.05. The predicted octanol–water partition coefficient (Wildman–Crippen LogP) is -1.55. The third-order valence-corrected chi connectivity index (χ3v) is 3.72. The highest BCUT2D eigenvalue weighted by atomic mass is 79.9. The number of halogens is 1. The van der Waals surface area contributed by atoms with E-state index in [1.807, 2.05) is 24.3 Å². The first-order valence-corrected chi connectivity index (χ1v) is 6.39. The molecule has 4 nitrogen and oxygen atoms in total. The van der Waals surface area contributed by atoms with Gasteiger partial charge in [0.25, 0.3) is 5.13 Å². The molecule has 0 unspecified atom stereocenters. The number of hydrogen-bond donors (Lipinski definition) is 1. The Balaban J connectivity index is 0.00000128. The SMILES string of the molecule is COc1ccc(N=c2[nH+]c(N)ss2)cc1.[Br-]. The second-order valence-electron chi connectivity index (χ2n) is 2.77. The zero-order valence-corrected chi connectivity index (χ0v) is 11.7. The summed E-state index contributed by atoms with van der Waals surface area (Å²) in [6.45, 7) is 0. The monoisotopic (exact) mass is 319 g/mol. The van der Waals surface area contributed by atoms with E-state index in [-0.39, 0.29) is 17.0 Å². The number of nitrogens with one attached hydrogen (secondary N) is 1. The molecule has 0 aliphatic carbocycles. The molecule has 0 fully saturated rings. The molecular weight excluding hydrogens is 310 g/mol. The van der Waals surface area contributed by atoms with Gasteiger partial charge in [0.15, 0.2) is 0 Å². The van der Waals surface area contributed by atoms with Crippen LogP contribution in [0.15, 0.2) is 29.3 Å². The second-order valence-corrected chi connectivity index (χ2v) is 4.93. The van der Waals surface area contributed by atoms with E-state index in [1.54, 1.807) is 7.11 Å². The molecule has 1 heterocycles. The van der Waals surface area contributed by atoms with Gasteiger partial charge in [0.2, 0.25) is 0 Å². The number of nitrogen functional groups attached to an aromatic ring is 1. The highest BCUT2D eigenvalue weighted by Crippen LogP contribution is 2.17. The topological polar surface area (TPSA) is 61.8 Å². The fraction of sp³-hybridized carbons (Fsp3) is 0.111. The molecular formula is C9H10BrN3OS2. The summed E-state index contributed by atoms with van der Waals surface area (Å²) in [5, 5.41) is 0.673. The Kier molecular flexibility index (Phi) is 4.91. The maximum absolute atomic E-state index is 5.57. The van der Waals surface area contributed by atoms with Crippen LogP contribution in [0.4, 0.5) is 10.8 Å². The standard InChI is InChI=1S/C9H9N3OS2.BrH/c1-13-7-4-2-6(3-5-7)11-9-12-8(10)14-15-9;/h2-5H,1H3,(H2,10,11,12);1H. The quantitative estimate of drug-likeness (QED) is 0.681. The number of benzene rings is 1. The van der Waals surface area contributed by atoms with Gasteiger partial charge < -0.3 is 27.5 Å². The number of nitrogens with zero attached hydrogens (tertiary/aromatic N) is 1. The molecule has 0 spiro atoms. The normalized spacial score (nSPS) is 10.9. The Bertz CT molecular complexity index is 506. The zero-order valence-electron chi connectivity index (χ0n) is 8.44. The van der Waals surface area contributed by atoms with Crippen LogP contribution in [-0.2, 0) is 0 Å². The number of anilines is 1. The summed E-state index contributed by atoms with van der Waals surface area (Å²) in [5.74, 6) is 0.825. The molecule has 2 aromatic rings. The number of H-pyrrole nitrogens is 1. The zero-order chi connectivity index (χ0) is 10.7. The maximum atomic E-state index is 5.57. The summed E-state index contributed by atoms with van der Waals surface area (Å²) in [4.78, 5) is 8.15. The molecule has 0 saturated heterocycles. The predicted molar refractivity (Wildman–Crippen MR) is 61.4 cm³/mol. The van der Waals surface area contributed by atoms with E-state index in [9.17, 15) is 0 Å². The lowest BCUT2D eigenvalue weighted by Gasteiger charge is -1.95. The third-order valence-electron chi connectivity index (χ3n) is 1.74. The van der Waals surface area contributed by atoms with Crippen molar-refractivity contribution < 1.29 is 26.7 Å². The Morgan fingerprint density at radius 1 is 1.25 bits per heavy atom. The van der Waals surface area contributed by atoms with Crippen LogP contribution in [0.2, 0.25) is 0 Å². The van der Waals surface area contributed by atoms with E-state index in [0.29, 0.717) is 5.13 Å². The fourth-order valence-corrected chi connectivity index (χ4v) is 2.59. The minimum Gasteiger partial charge on any atom is -1.00 e. The average molecular weight is 320 g/mol. The van der Waals surface area contributed by atoms with Crippen molar-refractivity contribution in [3.63, 3.8) is 0 Å². The van der Waals surface area contributed by atoms with Crippen molar-refractivity contribution in [2.24, 2.45) is 4.99 Å². The Morgan fingerprint density at radius 3 is 2.44 bits per heavy atom. The van der Waals surface area contributed by atoms with Gasteiger partial charge in [-0.3, -0.25) is 0 Å². The molecule has 0 bridgehead atoms. The van der Waals surface area contributed by atoms with E-state index in [0.717, 1.165) is 16.2 Å². The molecule has 3 N–H and O–H groups in total. The summed E-state index contributed by atoms with van der Waals surface area (Å²) >= 11 is 0.